The Morgan fingerprint density at radius 2 is 1.50 bits per heavy atom. The molecule has 0 aliphatic rings. The number of rotatable bonds is 6. The molecule has 0 rings (SSSR count). The van der Waals surface area contributed by atoms with Crippen LogP contribution in [0, 0.1) is 0 Å². The highest BCUT2D eigenvalue weighted by Crippen LogP contribution is 1.95. The summed E-state index contributed by atoms with van der Waals surface area (Å²) in [7, 11) is 2.41. The van der Waals surface area contributed by atoms with Crippen LogP contribution in [0.2, 0.25) is 0 Å². The van der Waals surface area contributed by atoms with E-state index in [9.17, 15) is 14.4 Å². The molecule has 0 heterocycles. The Morgan fingerprint density at radius 3 is 1.89 bits per heavy atom. The molecule has 18 heavy (non-hydrogen) atoms. The van der Waals surface area contributed by atoms with Gasteiger partial charge in [-0.3, -0.25) is 14.4 Å². The van der Waals surface area contributed by atoms with Crippen molar-refractivity contribution in [2.75, 3.05) is 27.3 Å². The minimum atomic E-state index is -0.605. The van der Waals surface area contributed by atoms with Gasteiger partial charge in [0.05, 0.1) is 14.2 Å². The van der Waals surface area contributed by atoms with Crippen molar-refractivity contribution in [3.63, 3.8) is 0 Å². The number of amides is 1. The molecule has 0 aromatic carbocycles. The number of carbonyl (C=O) groups is 3. The fraction of sp³-hybridized carbons (Fsp3) is 0.417. The monoisotopic (exact) mass is 255 g/mol. The van der Waals surface area contributed by atoms with Crippen LogP contribution in [-0.4, -0.2) is 50.1 Å². The number of hydrogen-bond acceptors (Lipinski definition) is 5. The zero-order valence-electron chi connectivity index (χ0n) is 10.7. The van der Waals surface area contributed by atoms with Crippen LogP contribution in [0.1, 0.15) is 6.92 Å². The molecule has 0 aromatic rings. The second-order valence-electron chi connectivity index (χ2n) is 3.23. The van der Waals surface area contributed by atoms with Crippen molar-refractivity contribution in [2.24, 2.45) is 0 Å². The number of nitrogens with zero attached hydrogens (tertiary/aromatic N) is 1. The summed E-state index contributed by atoms with van der Waals surface area (Å²) in [6, 6.07) is 0. The van der Waals surface area contributed by atoms with Crippen molar-refractivity contribution < 1.29 is 23.9 Å². The summed E-state index contributed by atoms with van der Waals surface area (Å²) in [5.74, 6) is -1.68. The summed E-state index contributed by atoms with van der Waals surface area (Å²) >= 11 is 0. The largest absolute Gasteiger partial charge is 0.468 e. The van der Waals surface area contributed by atoms with Gasteiger partial charge in [0.2, 0.25) is 5.91 Å². The van der Waals surface area contributed by atoms with Gasteiger partial charge in [0.15, 0.2) is 0 Å². The highest BCUT2D eigenvalue weighted by atomic mass is 16.5. The lowest BCUT2D eigenvalue weighted by Gasteiger charge is -2.18. The molecule has 0 aliphatic carbocycles. The van der Waals surface area contributed by atoms with Gasteiger partial charge >= 0.3 is 11.9 Å². The van der Waals surface area contributed by atoms with Crippen molar-refractivity contribution in [2.45, 2.75) is 6.92 Å². The molecule has 6 heteroatoms. The summed E-state index contributed by atoms with van der Waals surface area (Å²) in [4.78, 5) is 35.0. The Balaban J connectivity index is 4.68. The standard InChI is InChI=1S/C12H17NO5/c1-4-5-6-7-10(14)13(8-11(15)17-2)9-12(16)18-3/h4-7H,8-9H2,1-3H3. The van der Waals surface area contributed by atoms with Crippen LogP contribution in [0.3, 0.4) is 0 Å². The number of methoxy groups -OCH3 is 2. The Kier molecular flexibility index (Phi) is 7.92. The van der Waals surface area contributed by atoms with Gasteiger partial charge in [-0.25, -0.2) is 0 Å². The van der Waals surface area contributed by atoms with Crippen molar-refractivity contribution in [1.82, 2.24) is 4.90 Å². The Bertz CT molecular complexity index is 341. The lowest BCUT2D eigenvalue weighted by molar-refractivity contribution is -0.150. The quantitative estimate of drug-likeness (QED) is 0.387. The molecule has 0 saturated heterocycles. The van der Waals surface area contributed by atoms with Gasteiger partial charge in [-0.05, 0) is 6.92 Å². The fourth-order valence-corrected chi connectivity index (χ4v) is 1.01. The smallest absolute Gasteiger partial charge is 0.325 e. The molecule has 0 fully saturated rings. The van der Waals surface area contributed by atoms with Crippen molar-refractivity contribution >= 4 is 17.8 Å². The SMILES string of the molecule is CC=CC=CC(=O)N(CC(=O)OC)CC(=O)OC. The van der Waals surface area contributed by atoms with Gasteiger partial charge in [-0.2, -0.15) is 0 Å². The minimum Gasteiger partial charge on any atom is -0.468 e. The summed E-state index contributed by atoms with van der Waals surface area (Å²) < 4.78 is 8.90. The molecule has 0 spiro atoms. The second kappa shape index (κ2) is 8.98. The topological polar surface area (TPSA) is 72.9 Å². The van der Waals surface area contributed by atoms with Gasteiger partial charge in [0, 0.05) is 6.08 Å². The zero-order chi connectivity index (χ0) is 14.0. The molecule has 0 N–H and O–H groups in total. The summed E-state index contributed by atoms with van der Waals surface area (Å²) in [6.07, 6.45) is 6.18. The maximum Gasteiger partial charge on any atom is 0.325 e. The fourth-order valence-electron chi connectivity index (χ4n) is 1.01. The van der Waals surface area contributed by atoms with E-state index in [-0.39, 0.29) is 13.1 Å². The molecular formula is C12H17NO5. The molecule has 6 nitrogen and oxygen atoms in total. The first-order valence-electron chi connectivity index (χ1n) is 5.27. The number of allylic oxidation sites excluding steroid dienone is 3. The molecule has 0 bridgehead atoms. The van der Waals surface area contributed by atoms with E-state index in [4.69, 9.17) is 0 Å². The number of carbonyl (C=O) groups excluding carboxylic acids is 3. The summed E-state index contributed by atoms with van der Waals surface area (Å²) in [5, 5.41) is 0. The molecule has 0 saturated carbocycles. The molecule has 100 valence electrons. The van der Waals surface area contributed by atoms with E-state index in [2.05, 4.69) is 9.47 Å². The zero-order valence-corrected chi connectivity index (χ0v) is 10.7. The number of ether oxygens (including phenoxy) is 2. The van der Waals surface area contributed by atoms with Crippen LogP contribution in [0.5, 0.6) is 0 Å². The highest BCUT2D eigenvalue weighted by molar-refractivity contribution is 5.92. The van der Waals surface area contributed by atoms with E-state index < -0.39 is 17.8 Å². The molecule has 1 amide bonds. The number of esters is 2. The Morgan fingerprint density at radius 1 is 1.00 bits per heavy atom. The maximum atomic E-state index is 11.7. The van der Waals surface area contributed by atoms with E-state index in [0.29, 0.717) is 0 Å². The van der Waals surface area contributed by atoms with E-state index in [1.807, 2.05) is 0 Å². The first-order valence-corrected chi connectivity index (χ1v) is 5.27. The third-order valence-electron chi connectivity index (χ3n) is 1.95. The van der Waals surface area contributed by atoms with E-state index in [1.54, 1.807) is 19.1 Å². The van der Waals surface area contributed by atoms with Crippen LogP contribution in [-0.2, 0) is 23.9 Å². The molecule has 0 unspecified atom stereocenters. The Hall–Kier alpha value is -2.11. The molecule has 0 aliphatic heterocycles. The number of hydrogen-bond donors (Lipinski definition) is 0. The minimum absolute atomic E-state index is 0.301. The van der Waals surface area contributed by atoms with Crippen molar-refractivity contribution in [3.05, 3.63) is 24.3 Å². The van der Waals surface area contributed by atoms with E-state index >= 15 is 0 Å². The molecule has 0 atom stereocenters. The second-order valence-corrected chi connectivity index (χ2v) is 3.23. The summed E-state index contributed by atoms with van der Waals surface area (Å²) in [6.45, 7) is 1.20. The third kappa shape index (κ3) is 6.47. The lowest BCUT2D eigenvalue weighted by Crippen LogP contribution is -2.39. The van der Waals surface area contributed by atoms with Crippen molar-refractivity contribution in [1.29, 1.82) is 0 Å². The van der Waals surface area contributed by atoms with E-state index in [1.165, 1.54) is 26.4 Å². The predicted octanol–water partition coefficient (Wildman–Crippen LogP) is 0.293. The first kappa shape index (κ1) is 15.9. The van der Waals surface area contributed by atoms with Gasteiger partial charge < -0.3 is 14.4 Å². The Labute approximate surface area is 106 Å². The molecule has 0 radical (unpaired) electrons. The van der Waals surface area contributed by atoms with Gasteiger partial charge in [0.1, 0.15) is 13.1 Å². The maximum absolute atomic E-state index is 11.7. The molecular weight excluding hydrogens is 238 g/mol. The van der Waals surface area contributed by atoms with Crippen LogP contribution in [0.4, 0.5) is 0 Å². The third-order valence-corrected chi connectivity index (χ3v) is 1.95. The van der Waals surface area contributed by atoms with Crippen LogP contribution < -0.4 is 0 Å². The van der Waals surface area contributed by atoms with Crippen LogP contribution in [0.25, 0.3) is 0 Å². The van der Waals surface area contributed by atoms with Crippen LogP contribution in [0.15, 0.2) is 24.3 Å². The average molecular weight is 255 g/mol. The first-order chi connectivity index (χ1) is 8.54. The lowest BCUT2D eigenvalue weighted by atomic mass is 10.3. The highest BCUT2D eigenvalue weighted by Gasteiger charge is 2.18. The average Bonchev–Trinajstić information content (AvgIpc) is 2.37. The predicted molar refractivity (Wildman–Crippen MR) is 64.6 cm³/mol. The van der Waals surface area contributed by atoms with E-state index in [0.717, 1.165) is 4.90 Å². The van der Waals surface area contributed by atoms with Crippen LogP contribution >= 0.6 is 0 Å². The molecule has 0 aromatic heterocycles. The van der Waals surface area contributed by atoms with Gasteiger partial charge in [0.25, 0.3) is 0 Å². The van der Waals surface area contributed by atoms with Crippen molar-refractivity contribution in [3.8, 4) is 0 Å². The summed E-state index contributed by atoms with van der Waals surface area (Å²) in [5.41, 5.74) is 0. The van der Waals surface area contributed by atoms with Gasteiger partial charge in [-0.1, -0.05) is 18.2 Å². The normalized spacial score (nSPS) is 10.6. The van der Waals surface area contributed by atoms with Gasteiger partial charge in [-0.15, -0.1) is 0 Å².